The van der Waals surface area contributed by atoms with Crippen molar-refractivity contribution in [3.05, 3.63) is 80.4 Å². The first-order valence-electron chi connectivity index (χ1n) is 8.62. The van der Waals surface area contributed by atoms with Gasteiger partial charge in [0, 0.05) is 11.8 Å². The molecule has 2 aromatic carbocycles. The number of alkyl halides is 3. The number of urea groups is 1. The smallest absolute Gasteiger partial charge is 0.419 e. The first-order valence-corrected chi connectivity index (χ1v) is 10.2. The molecule has 0 aliphatic heterocycles. The highest BCUT2D eigenvalue weighted by atomic mass is 79.9. The lowest BCUT2D eigenvalue weighted by Gasteiger charge is -2.12. The van der Waals surface area contributed by atoms with Gasteiger partial charge in [0.1, 0.15) is 10.4 Å². The lowest BCUT2D eigenvalue weighted by molar-refractivity contribution is -0.138. The van der Waals surface area contributed by atoms with E-state index in [-0.39, 0.29) is 32.9 Å². The van der Waals surface area contributed by atoms with Gasteiger partial charge in [0.05, 0.1) is 21.2 Å². The molecule has 0 aliphatic rings. The van der Waals surface area contributed by atoms with Crippen LogP contribution in [0.3, 0.4) is 0 Å². The largest absolute Gasteiger partial charge is 0.437 e. The third-order valence-corrected chi connectivity index (χ3v) is 5.11. The number of anilines is 1. The maximum atomic E-state index is 12.8. The zero-order valence-electron chi connectivity index (χ0n) is 15.6. The quantitative estimate of drug-likeness (QED) is 0.347. The summed E-state index contributed by atoms with van der Waals surface area (Å²) in [5.74, 6) is -0.738. The van der Waals surface area contributed by atoms with E-state index in [1.54, 1.807) is 12.1 Å². The van der Waals surface area contributed by atoms with Gasteiger partial charge in [0.25, 0.3) is 5.91 Å². The molecule has 6 nitrogen and oxygen atoms in total. The van der Waals surface area contributed by atoms with Crippen LogP contribution in [0.2, 0.25) is 10.0 Å². The Kier molecular flexibility index (Phi) is 7.27. The van der Waals surface area contributed by atoms with Crippen LogP contribution in [0.15, 0.2) is 59.2 Å². The average Bonchev–Trinajstić information content (AvgIpc) is 2.69. The second-order valence-electron chi connectivity index (χ2n) is 6.12. The number of aromatic nitrogens is 1. The minimum atomic E-state index is -4.57. The Balaban J connectivity index is 1.66. The van der Waals surface area contributed by atoms with Gasteiger partial charge in [-0.2, -0.15) is 13.2 Å². The fourth-order valence-corrected chi connectivity index (χ4v) is 3.41. The molecule has 0 bridgehead atoms. The third-order valence-electron chi connectivity index (χ3n) is 3.88. The van der Waals surface area contributed by atoms with Gasteiger partial charge < -0.3 is 10.1 Å². The highest BCUT2D eigenvalue weighted by Gasteiger charge is 2.33. The van der Waals surface area contributed by atoms with Crippen molar-refractivity contribution in [2.24, 2.45) is 0 Å². The van der Waals surface area contributed by atoms with Crippen LogP contribution in [0.5, 0.6) is 11.6 Å². The highest BCUT2D eigenvalue weighted by Crippen LogP contribution is 2.36. The van der Waals surface area contributed by atoms with E-state index in [4.69, 9.17) is 27.9 Å². The van der Waals surface area contributed by atoms with Crippen LogP contribution in [-0.4, -0.2) is 16.9 Å². The molecule has 0 radical (unpaired) electrons. The lowest BCUT2D eigenvalue weighted by atomic mass is 10.2. The fourth-order valence-electron chi connectivity index (χ4n) is 2.44. The molecule has 0 fully saturated rings. The summed E-state index contributed by atoms with van der Waals surface area (Å²) in [6.07, 6.45) is -4.57. The van der Waals surface area contributed by atoms with Crippen LogP contribution >= 0.6 is 39.1 Å². The van der Waals surface area contributed by atoms with Crippen LogP contribution in [0, 0.1) is 0 Å². The molecule has 0 saturated heterocycles. The molecular weight excluding hydrogens is 538 g/mol. The van der Waals surface area contributed by atoms with Crippen molar-refractivity contribution in [1.29, 1.82) is 0 Å². The maximum Gasteiger partial charge on any atom is 0.419 e. The lowest BCUT2D eigenvalue weighted by Crippen LogP contribution is -2.34. The van der Waals surface area contributed by atoms with Gasteiger partial charge in [-0.15, -0.1) is 0 Å². The van der Waals surface area contributed by atoms with Crippen LogP contribution in [0.4, 0.5) is 23.7 Å². The van der Waals surface area contributed by atoms with Gasteiger partial charge in [-0.1, -0.05) is 35.3 Å². The Hall–Kier alpha value is -2.82. The number of amides is 3. The summed E-state index contributed by atoms with van der Waals surface area (Å²) in [7, 11) is 0. The fraction of sp³-hybridized carbons (Fsp3) is 0.0500. The Morgan fingerprint density at radius 3 is 2.34 bits per heavy atom. The molecule has 0 saturated carbocycles. The van der Waals surface area contributed by atoms with Crippen LogP contribution in [0.25, 0.3) is 0 Å². The maximum absolute atomic E-state index is 12.8. The predicted molar refractivity (Wildman–Crippen MR) is 116 cm³/mol. The summed E-state index contributed by atoms with van der Waals surface area (Å²) in [5, 5.41) is 4.78. The average molecular weight is 549 g/mol. The minimum Gasteiger partial charge on any atom is -0.437 e. The summed E-state index contributed by atoms with van der Waals surface area (Å²) in [5.41, 5.74) is -0.595. The molecule has 32 heavy (non-hydrogen) atoms. The van der Waals surface area contributed by atoms with Crippen molar-refractivity contribution in [3.63, 3.8) is 0 Å². The third kappa shape index (κ3) is 5.90. The molecule has 3 rings (SSSR count). The van der Waals surface area contributed by atoms with Crippen LogP contribution in [0.1, 0.15) is 15.9 Å². The second-order valence-corrected chi connectivity index (χ2v) is 7.69. The summed E-state index contributed by atoms with van der Waals surface area (Å²) >= 11 is 14.8. The van der Waals surface area contributed by atoms with E-state index in [0.29, 0.717) is 0 Å². The molecule has 0 atom stereocenters. The highest BCUT2D eigenvalue weighted by molar-refractivity contribution is 9.10. The molecule has 1 aromatic heterocycles. The Morgan fingerprint density at radius 2 is 1.72 bits per heavy atom. The molecule has 12 heteroatoms. The van der Waals surface area contributed by atoms with Gasteiger partial charge >= 0.3 is 12.2 Å². The SMILES string of the molecule is O=C(NC(=O)c1ccccc1Cl)Nc1ccc(Oc2ccc(C(F)(F)F)c(Br)n2)c(Cl)c1. The number of pyridine rings is 1. The number of carbonyl (C=O) groups excluding carboxylic acids is 2. The number of ether oxygens (including phenoxy) is 1. The number of rotatable bonds is 4. The summed E-state index contributed by atoms with van der Waals surface area (Å²) in [6.45, 7) is 0. The van der Waals surface area contributed by atoms with Crippen molar-refractivity contribution >= 4 is 56.8 Å². The van der Waals surface area contributed by atoms with Crippen molar-refractivity contribution in [3.8, 4) is 11.6 Å². The van der Waals surface area contributed by atoms with Crippen molar-refractivity contribution in [1.82, 2.24) is 10.3 Å². The van der Waals surface area contributed by atoms with Gasteiger partial charge in [0.2, 0.25) is 5.88 Å². The van der Waals surface area contributed by atoms with E-state index in [9.17, 15) is 22.8 Å². The van der Waals surface area contributed by atoms with E-state index in [0.717, 1.165) is 12.1 Å². The molecule has 3 amide bonds. The van der Waals surface area contributed by atoms with Crippen LogP contribution < -0.4 is 15.4 Å². The van der Waals surface area contributed by atoms with Crippen molar-refractivity contribution in [2.45, 2.75) is 6.18 Å². The predicted octanol–water partition coefficient (Wildman–Crippen LogP) is 6.92. The molecule has 0 aliphatic carbocycles. The number of hydrogen-bond donors (Lipinski definition) is 2. The van der Waals surface area contributed by atoms with E-state index in [1.807, 2.05) is 0 Å². The Labute approximate surface area is 197 Å². The summed E-state index contributed by atoms with van der Waals surface area (Å²) in [6, 6.07) is 11.4. The molecule has 1 heterocycles. The first-order chi connectivity index (χ1) is 15.0. The Bertz CT molecular complexity index is 1190. The van der Waals surface area contributed by atoms with Gasteiger partial charge in [-0.05, 0) is 52.3 Å². The van der Waals surface area contributed by atoms with Crippen molar-refractivity contribution in [2.75, 3.05) is 5.32 Å². The minimum absolute atomic E-state index is 0.0399. The number of halogens is 6. The number of carbonyl (C=O) groups is 2. The zero-order chi connectivity index (χ0) is 23.5. The summed E-state index contributed by atoms with van der Waals surface area (Å²) in [4.78, 5) is 27.9. The van der Waals surface area contributed by atoms with Crippen molar-refractivity contribution < 1.29 is 27.5 Å². The second kappa shape index (κ2) is 9.76. The molecule has 166 valence electrons. The van der Waals surface area contributed by atoms with E-state index >= 15 is 0 Å². The first kappa shape index (κ1) is 23.8. The number of benzene rings is 2. The van der Waals surface area contributed by atoms with Crippen LogP contribution in [-0.2, 0) is 6.18 Å². The molecular formula is C20H11BrCl2F3N3O3. The summed E-state index contributed by atoms with van der Waals surface area (Å²) < 4.78 is 43.4. The molecule has 0 spiro atoms. The molecule has 0 unspecified atom stereocenters. The van der Waals surface area contributed by atoms with Gasteiger partial charge in [-0.25, -0.2) is 9.78 Å². The van der Waals surface area contributed by atoms with E-state index in [2.05, 4.69) is 31.5 Å². The number of nitrogens with one attached hydrogen (secondary N) is 2. The Morgan fingerprint density at radius 1 is 1.00 bits per heavy atom. The topological polar surface area (TPSA) is 80.3 Å². The number of imide groups is 1. The molecule has 3 aromatic rings. The number of nitrogens with zero attached hydrogens (tertiary/aromatic N) is 1. The van der Waals surface area contributed by atoms with Gasteiger partial charge in [0.15, 0.2) is 0 Å². The zero-order valence-corrected chi connectivity index (χ0v) is 18.7. The van der Waals surface area contributed by atoms with E-state index < -0.39 is 28.3 Å². The van der Waals surface area contributed by atoms with E-state index in [1.165, 1.54) is 30.3 Å². The van der Waals surface area contributed by atoms with Gasteiger partial charge in [-0.3, -0.25) is 10.1 Å². The standard InChI is InChI=1S/C20H11BrCl2F3N3O3/c21-17-12(20(24,25)26)6-8-16(28-17)32-15-7-5-10(9-14(15)23)27-19(31)29-18(30)11-3-1-2-4-13(11)22/h1-9H,(H2,27,29,30,31). The normalized spacial score (nSPS) is 11.1. The monoisotopic (exact) mass is 547 g/mol. The molecule has 2 N–H and O–H groups in total. The number of hydrogen-bond acceptors (Lipinski definition) is 4.